The number of halogens is 2. The number of aliphatic hydroxyl groups excluding tert-OH is 1. The number of amides is 1. The number of carbonyl (C=O) groups is 1. The van der Waals surface area contributed by atoms with Crippen molar-refractivity contribution in [3.8, 4) is 0 Å². The van der Waals surface area contributed by atoms with E-state index in [1.807, 2.05) is 13.8 Å². The smallest absolute Gasteiger partial charge is 0.252 e. The Bertz CT molecular complexity index is 518. The van der Waals surface area contributed by atoms with Crippen LogP contribution in [0.2, 0.25) is 10.0 Å². The summed E-state index contributed by atoms with van der Waals surface area (Å²) in [5.74, 6) is -0.0492. The average molecular weight is 303 g/mol. The second-order valence-electron chi connectivity index (χ2n) is 5.07. The van der Waals surface area contributed by atoms with Crippen LogP contribution in [0, 0.1) is 0 Å². The van der Waals surface area contributed by atoms with E-state index in [1.54, 1.807) is 17.0 Å². The molecule has 0 aliphatic carbocycles. The molecule has 104 valence electrons. The molecule has 0 saturated carbocycles. The molecule has 0 aromatic heterocycles. The van der Waals surface area contributed by atoms with Crippen LogP contribution >= 0.6 is 23.2 Å². The topological polar surface area (TPSA) is 52.6 Å². The molecule has 1 aliphatic rings. The zero-order chi connectivity index (χ0) is 14.2. The van der Waals surface area contributed by atoms with Crippen molar-refractivity contribution in [2.75, 3.05) is 23.4 Å². The second kappa shape index (κ2) is 5.19. The molecule has 1 heterocycles. The Morgan fingerprint density at radius 2 is 1.95 bits per heavy atom. The second-order valence-corrected chi connectivity index (χ2v) is 5.88. The van der Waals surface area contributed by atoms with Gasteiger partial charge in [0, 0.05) is 13.2 Å². The van der Waals surface area contributed by atoms with Crippen LogP contribution in [0.15, 0.2) is 12.1 Å². The lowest BCUT2D eigenvalue weighted by atomic mass is 9.98. The Morgan fingerprint density at radius 1 is 1.32 bits per heavy atom. The lowest BCUT2D eigenvalue weighted by molar-refractivity contribution is -0.122. The predicted octanol–water partition coefficient (Wildman–Crippen LogP) is 2.91. The number of hydrogen-bond donors (Lipinski definition) is 2. The van der Waals surface area contributed by atoms with Gasteiger partial charge in [-0.05, 0) is 32.4 Å². The Balaban J connectivity index is 2.48. The minimum atomic E-state index is -0.709. The SMILES string of the molecule is CC1(C)Nc2cc(Cl)c(Cl)cc2N(CCCO)C1=O. The molecule has 1 aromatic carbocycles. The summed E-state index contributed by atoms with van der Waals surface area (Å²) in [6.45, 7) is 4.11. The van der Waals surface area contributed by atoms with Crippen LogP contribution < -0.4 is 10.2 Å². The van der Waals surface area contributed by atoms with Gasteiger partial charge in [-0.25, -0.2) is 0 Å². The van der Waals surface area contributed by atoms with Crippen LogP contribution in [-0.2, 0) is 4.79 Å². The summed E-state index contributed by atoms with van der Waals surface area (Å²) >= 11 is 12.0. The van der Waals surface area contributed by atoms with Crippen molar-refractivity contribution in [3.05, 3.63) is 22.2 Å². The van der Waals surface area contributed by atoms with E-state index in [0.717, 1.165) is 5.69 Å². The third kappa shape index (κ3) is 2.66. The molecule has 0 fully saturated rings. The lowest BCUT2D eigenvalue weighted by Gasteiger charge is -2.40. The van der Waals surface area contributed by atoms with Gasteiger partial charge in [-0.3, -0.25) is 4.79 Å². The summed E-state index contributed by atoms with van der Waals surface area (Å²) < 4.78 is 0. The number of aliphatic hydroxyl groups is 1. The van der Waals surface area contributed by atoms with Crippen LogP contribution in [0.1, 0.15) is 20.3 Å². The first-order valence-corrected chi connectivity index (χ1v) is 6.82. The molecule has 4 nitrogen and oxygen atoms in total. The fourth-order valence-corrected chi connectivity index (χ4v) is 2.47. The molecule has 1 amide bonds. The van der Waals surface area contributed by atoms with Crippen LogP contribution in [0.25, 0.3) is 0 Å². The van der Waals surface area contributed by atoms with Crippen molar-refractivity contribution in [3.63, 3.8) is 0 Å². The molecule has 0 atom stereocenters. The van der Waals surface area contributed by atoms with E-state index in [0.29, 0.717) is 28.7 Å². The van der Waals surface area contributed by atoms with Crippen LogP contribution in [0.3, 0.4) is 0 Å². The normalized spacial score (nSPS) is 17.1. The van der Waals surface area contributed by atoms with E-state index in [9.17, 15) is 4.79 Å². The number of nitrogens with zero attached hydrogens (tertiary/aromatic N) is 1. The number of carbonyl (C=O) groups excluding carboxylic acids is 1. The Hall–Kier alpha value is -0.970. The van der Waals surface area contributed by atoms with E-state index in [-0.39, 0.29) is 12.5 Å². The van der Waals surface area contributed by atoms with Crippen molar-refractivity contribution >= 4 is 40.5 Å². The number of fused-ring (bicyclic) bond motifs is 1. The maximum Gasteiger partial charge on any atom is 0.252 e. The van der Waals surface area contributed by atoms with E-state index >= 15 is 0 Å². The van der Waals surface area contributed by atoms with Crippen molar-refractivity contribution in [2.24, 2.45) is 0 Å². The van der Waals surface area contributed by atoms with E-state index < -0.39 is 5.54 Å². The fraction of sp³-hybridized carbons (Fsp3) is 0.462. The molecule has 19 heavy (non-hydrogen) atoms. The van der Waals surface area contributed by atoms with Gasteiger partial charge in [0.1, 0.15) is 5.54 Å². The van der Waals surface area contributed by atoms with Crippen molar-refractivity contribution < 1.29 is 9.90 Å². The van der Waals surface area contributed by atoms with Crippen LogP contribution in [0.4, 0.5) is 11.4 Å². The molecule has 2 N–H and O–H groups in total. The van der Waals surface area contributed by atoms with Crippen molar-refractivity contribution in [2.45, 2.75) is 25.8 Å². The van der Waals surface area contributed by atoms with Gasteiger partial charge in [0.15, 0.2) is 0 Å². The molecule has 0 unspecified atom stereocenters. The van der Waals surface area contributed by atoms with Gasteiger partial charge in [-0.2, -0.15) is 0 Å². The Labute approximate surface area is 122 Å². The minimum absolute atomic E-state index is 0.0360. The quantitative estimate of drug-likeness (QED) is 0.902. The first-order valence-electron chi connectivity index (χ1n) is 6.07. The summed E-state index contributed by atoms with van der Waals surface area (Å²) in [5.41, 5.74) is 0.767. The number of hydrogen-bond acceptors (Lipinski definition) is 3. The number of rotatable bonds is 3. The molecular weight excluding hydrogens is 287 g/mol. The van der Waals surface area contributed by atoms with Crippen LogP contribution in [0.5, 0.6) is 0 Å². The monoisotopic (exact) mass is 302 g/mol. The summed E-state index contributed by atoms with van der Waals surface area (Å²) in [6, 6.07) is 3.40. The molecule has 1 aliphatic heterocycles. The highest BCUT2D eigenvalue weighted by atomic mass is 35.5. The Kier molecular flexibility index (Phi) is 3.95. The molecule has 2 rings (SSSR count). The summed E-state index contributed by atoms with van der Waals surface area (Å²) in [6.07, 6.45) is 0.515. The van der Waals surface area contributed by atoms with Gasteiger partial charge in [0.2, 0.25) is 0 Å². The molecule has 1 aromatic rings. The van der Waals surface area contributed by atoms with Gasteiger partial charge in [-0.1, -0.05) is 23.2 Å². The third-order valence-corrected chi connectivity index (χ3v) is 3.82. The summed E-state index contributed by atoms with van der Waals surface area (Å²) in [5, 5.41) is 13.0. The number of benzene rings is 1. The van der Waals surface area contributed by atoms with Gasteiger partial charge >= 0.3 is 0 Å². The first kappa shape index (κ1) is 14.4. The molecule has 0 radical (unpaired) electrons. The van der Waals surface area contributed by atoms with Gasteiger partial charge < -0.3 is 15.3 Å². The van der Waals surface area contributed by atoms with Crippen molar-refractivity contribution in [1.82, 2.24) is 0 Å². The zero-order valence-corrected chi connectivity index (χ0v) is 12.3. The minimum Gasteiger partial charge on any atom is -0.396 e. The predicted molar refractivity (Wildman–Crippen MR) is 78.2 cm³/mol. The largest absolute Gasteiger partial charge is 0.396 e. The molecule has 0 saturated heterocycles. The standard InChI is InChI=1S/C13H16Cl2N2O2/c1-13(2)12(19)17(4-3-5-18)11-7-9(15)8(14)6-10(11)16-13/h6-7,16,18H,3-5H2,1-2H3. The summed E-state index contributed by atoms with van der Waals surface area (Å²) in [4.78, 5) is 14.1. The van der Waals surface area contributed by atoms with E-state index in [2.05, 4.69) is 5.32 Å². The number of anilines is 2. The molecule has 0 bridgehead atoms. The average Bonchev–Trinajstić information content (AvgIpc) is 2.33. The zero-order valence-electron chi connectivity index (χ0n) is 10.8. The summed E-state index contributed by atoms with van der Waals surface area (Å²) in [7, 11) is 0. The number of nitrogens with one attached hydrogen (secondary N) is 1. The van der Waals surface area contributed by atoms with E-state index in [4.69, 9.17) is 28.3 Å². The molecule has 6 heteroatoms. The van der Waals surface area contributed by atoms with Gasteiger partial charge in [-0.15, -0.1) is 0 Å². The molecular formula is C13H16Cl2N2O2. The van der Waals surface area contributed by atoms with E-state index in [1.165, 1.54) is 0 Å². The maximum absolute atomic E-state index is 12.4. The highest BCUT2D eigenvalue weighted by molar-refractivity contribution is 6.42. The first-order chi connectivity index (χ1) is 8.86. The van der Waals surface area contributed by atoms with Gasteiger partial charge in [0.05, 0.1) is 21.4 Å². The third-order valence-electron chi connectivity index (χ3n) is 3.10. The van der Waals surface area contributed by atoms with Crippen LogP contribution in [-0.4, -0.2) is 29.7 Å². The maximum atomic E-state index is 12.4. The molecule has 0 spiro atoms. The van der Waals surface area contributed by atoms with Crippen molar-refractivity contribution in [1.29, 1.82) is 0 Å². The highest BCUT2D eigenvalue weighted by Crippen LogP contribution is 2.40. The van der Waals surface area contributed by atoms with Gasteiger partial charge in [0.25, 0.3) is 5.91 Å². The fourth-order valence-electron chi connectivity index (χ4n) is 2.15. The highest BCUT2D eigenvalue weighted by Gasteiger charge is 2.38. The lowest BCUT2D eigenvalue weighted by Crippen LogP contribution is -2.54. The Morgan fingerprint density at radius 3 is 2.58 bits per heavy atom.